The number of hydrogen-bond acceptors (Lipinski definition) is 16. The first-order chi connectivity index (χ1) is 32.0. The third-order valence-electron chi connectivity index (χ3n) is 11.5. The van der Waals surface area contributed by atoms with Crippen molar-refractivity contribution >= 4 is 35.6 Å². The van der Waals surface area contributed by atoms with E-state index in [1.165, 1.54) is 4.68 Å². The zero-order chi connectivity index (χ0) is 47.3. The highest BCUT2D eigenvalue weighted by molar-refractivity contribution is 5.81. The monoisotopic (exact) mass is 960 g/mol. The molecule has 2 aliphatic heterocycles. The zero-order valence-electron chi connectivity index (χ0n) is 39.3. The van der Waals surface area contributed by atoms with Crippen LogP contribution < -0.4 is 49.7 Å². The SMILES string of the molecule is C#CCOCCOCCOCCNc1nc(N2CCN(C(=O)C(C(C)O)n3cc(CCCC[NH3+])nn3)CC2)nc(N2CCN(C(=O)C(C(C)CC)n3cc(CCC[NH+]=C(N)N)nn3)CC2)n1.[Cl-]. The minimum atomic E-state index is -0.980. The molecule has 0 radical (unpaired) electrons. The van der Waals surface area contributed by atoms with E-state index in [1.807, 2.05) is 16.0 Å². The largest absolute Gasteiger partial charge is 1.00 e. The normalized spacial score (nSPS) is 15.9. The Morgan fingerprint density at radius 2 is 1.33 bits per heavy atom. The molecule has 25 heteroatoms. The summed E-state index contributed by atoms with van der Waals surface area (Å²) in [6.07, 6.45) is 12.7. The number of quaternary nitrogens is 1. The molecule has 2 fully saturated rings. The first kappa shape index (κ1) is 54.2. The summed E-state index contributed by atoms with van der Waals surface area (Å²) in [6.45, 7) is 13.5. The maximum absolute atomic E-state index is 14.2. The van der Waals surface area contributed by atoms with Crippen LogP contribution in [0.15, 0.2) is 12.4 Å². The molecule has 2 aliphatic rings. The number of rotatable bonds is 28. The number of aliphatic hydroxyl groups excluding tert-OH is 1. The fraction of sp³-hybridized carbons (Fsp3) is 0.714. The first-order valence-electron chi connectivity index (χ1n) is 23.2. The van der Waals surface area contributed by atoms with Gasteiger partial charge in [0.05, 0.1) is 63.6 Å². The lowest BCUT2D eigenvalue weighted by atomic mass is 9.97. The number of anilines is 3. The molecule has 0 saturated carbocycles. The molecule has 10 N–H and O–H groups in total. The summed E-state index contributed by atoms with van der Waals surface area (Å²) in [6, 6.07) is -1.40. The number of piperazine rings is 2. The molecule has 372 valence electrons. The van der Waals surface area contributed by atoms with Crippen molar-refractivity contribution in [3.63, 3.8) is 0 Å². The molecule has 2 amide bonds. The second kappa shape index (κ2) is 28.7. The Kier molecular flexibility index (Phi) is 23.2. The number of carbonyl (C=O) groups is 2. The van der Waals surface area contributed by atoms with Gasteiger partial charge in [-0.1, -0.05) is 36.6 Å². The molecule has 4 atom stereocenters. The van der Waals surface area contributed by atoms with E-state index >= 15 is 0 Å². The summed E-state index contributed by atoms with van der Waals surface area (Å²) in [5, 5.41) is 31.2. The summed E-state index contributed by atoms with van der Waals surface area (Å²) in [5.74, 6) is 3.70. The van der Waals surface area contributed by atoms with Gasteiger partial charge in [0.2, 0.25) is 29.7 Å². The third kappa shape index (κ3) is 16.7. The van der Waals surface area contributed by atoms with Crippen LogP contribution in [0.2, 0.25) is 0 Å². The van der Waals surface area contributed by atoms with E-state index in [2.05, 4.69) is 61.3 Å². The Morgan fingerprint density at radius 1 is 0.806 bits per heavy atom. The topological polar surface area (TPSA) is 301 Å². The summed E-state index contributed by atoms with van der Waals surface area (Å²) in [4.78, 5) is 53.3. The number of terminal acetylenes is 1. The van der Waals surface area contributed by atoms with Gasteiger partial charge < -0.3 is 62.4 Å². The predicted molar refractivity (Wildman–Crippen MR) is 245 cm³/mol. The van der Waals surface area contributed by atoms with Crippen molar-refractivity contribution in [2.24, 2.45) is 17.4 Å². The molecule has 24 nitrogen and oxygen atoms in total. The number of carbonyl (C=O) groups excluding carboxylic acids is 2. The highest BCUT2D eigenvalue weighted by atomic mass is 35.5. The van der Waals surface area contributed by atoms with Crippen LogP contribution in [-0.2, 0) is 36.6 Å². The van der Waals surface area contributed by atoms with Crippen LogP contribution in [0.4, 0.5) is 17.8 Å². The van der Waals surface area contributed by atoms with Crippen molar-refractivity contribution in [1.29, 1.82) is 0 Å². The lowest BCUT2D eigenvalue weighted by Crippen LogP contribution is -3.00. The number of nitrogens with zero attached hydrogens (tertiary/aromatic N) is 13. The van der Waals surface area contributed by atoms with Crippen LogP contribution in [0.25, 0.3) is 0 Å². The fourth-order valence-electron chi connectivity index (χ4n) is 7.64. The van der Waals surface area contributed by atoms with Crippen molar-refractivity contribution in [3.8, 4) is 12.3 Å². The number of halogens is 1. The molecule has 4 unspecified atom stereocenters. The average Bonchev–Trinajstić information content (AvgIpc) is 3.99. The first-order valence-corrected chi connectivity index (χ1v) is 23.2. The van der Waals surface area contributed by atoms with Gasteiger partial charge in [0.1, 0.15) is 12.6 Å². The van der Waals surface area contributed by atoms with Gasteiger partial charge in [-0.3, -0.25) is 26.0 Å². The van der Waals surface area contributed by atoms with E-state index in [-0.39, 0.29) is 42.7 Å². The number of aliphatic hydroxyl groups is 1. The molecule has 3 aromatic rings. The Hall–Kier alpha value is -5.45. The van der Waals surface area contributed by atoms with E-state index < -0.39 is 18.2 Å². The van der Waals surface area contributed by atoms with Crippen molar-refractivity contribution < 1.29 is 52.0 Å². The predicted octanol–water partition coefficient (Wildman–Crippen LogP) is -6.79. The number of aromatic nitrogens is 9. The molecule has 0 aromatic carbocycles. The van der Waals surface area contributed by atoms with Crippen LogP contribution >= 0.6 is 0 Å². The maximum atomic E-state index is 14.2. The molecule has 5 heterocycles. The Bertz CT molecular complexity index is 1990. The molecule has 0 bridgehead atoms. The minimum absolute atomic E-state index is 0. The van der Waals surface area contributed by atoms with Gasteiger partial charge in [-0.05, 0) is 44.9 Å². The second-order valence-corrected chi connectivity index (χ2v) is 16.5. The number of unbranched alkanes of at least 4 members (excludes halogenated alkanes) is 1. The number of hydrogen-bond donors (Lipinski definition) is 6. The number of guanidine groups is 1. The van der Waals surface area contributed by atoms with Crippen molar-refractivity contribution in [1.82, 2.24) is 54.7 Å². The summed E-state index contributed by atoms with van der Waals surface area (Å²) in [7, 11) is 0. The fourth-order valence-corrected chi connectivity index (χ4v) is 7.64. The van der Waals surface area contributed by atoms with E-state index in [0.29, 0.717) is 123 Å². The standard InChI is InChI=1S/C42H70N18O6.ClH/c1-5-23-64-25-27-66-28-26-65-24-14-47-40-48-41(57-19-15-55(16-20-57)37(62)35(31(3)6-2)59-29-34(52-53-59)11-9-13-46-39(44)45)50-42(49-40)58-21-17-56(18-22-58)38(63)36(32(4)61)60-30-33(51-54-60)10-7-8-12-43;/h1,29-32,35-36,61H,6-28,43H2,2-4H3,(H4,44,45,46)(H,47,48,49,50);1H/p+1. The van der Waals surface area contributed by atoms with Crippen LogP contribution in [0.1, 0.15) is 69.9 Å². The van der Waals surface area contributed by atoms with Crippen LogP contribution in [0.3, 0.4) is 0 Å². The smallest absolute Gasteiger partial charge is 0.338 e. The second-order valence-electron chi connectivity index (χ2n) is 16.5. The number of nitrogens with one attached hydrogen (secondary N) is 2. The van der Waals surface area contributed by atoms with Crippen LogP contribution in [-0.4, -0.2) is 195 Å². The molecular formula is C42H72ClN18O6+. The maximum Gasteiger partial charge on any atom is 0.338 e. The van der Waals surface area contributed by atoms with Gasteiger partial charge in [-0.25, -0.2) is 9.36 Å². The quantitative estimate of drug-likeness (QED) is 0.0171. The highest BCUT2D eigenvalue weighted by Crippen LogP contribution is 2.26. The van der Waals surface area contributed by atoms with E-state index in [0.717, 1.165) is 50.0 Å². The molecular weight excluding hydrogens is 888 g/mol. The van der Waals surface area contributed by atoms with Gasteiger partial charge in [0.15, 0.2) is 6.04 Å². The number of amides is 2. The van der Waals surface area contributed by atoms with Crippen LogP contribution in [0, 0.1) is 18.3 Å². The van der Waals surface area contributed by atoms with Crippen molar-refractivity contribution in [2.75, 3.05) is 127 Å². The van der Waals surface area contributed by atoms with Crippen molar-refractivity contribution in [2.45, 2.75) is 77.5 Å². The molecule has 3 aromatic heterocycles. The van der Waals surface area contributed by atoms with Gasteiger partial charge in [0, 0.05) is 71.3 Å². The zero-order valence-corrected chi connectivity index (χ0v) is 40.1. The highest BCUT2D eigenvalue weighted by Gasteiger charge is 2.36. The summed E-state index contributed by atoms with van der Waals surface area (Å²) >= 11 is 0. The number of nitrogens with two attached hydrogens (primary N) is 2. The molecule has 0 spiro atoms. The summed E-state index contributed by atoms with van der Waals surface area (Å²) in [5.41, 5.74) is 16.5. The molecule has 2 saturated heterocycles. The molecule has 67 heavy (non-hydrogen) atoms. The molecule has 0 aliphatic carbocycles. The Labute approximate surface area is 399 Å². The van der Waals surface area contributed by atoms with E-state index in [9.17, 15) is 14.7 Å². The average molecular weight is 961 g/mol. The van der Waals surface area contributed by atoms with E-state index in [4.69, 9.17) is 47.1 Å². The minimum Gasteiger partial charge on any atom is -1.00 e. The van der Waals surface area contributed by atoms with Crippen LogP contribution in [0.5, 0.6) is 0 Å². The van der Waals surface area contributed by atoms with Gasteiger partial charge in [-0.2, -0.15) is 15.0 Å². The lowest BCUT2D eigenvalue weighted by Gasteiger charge is -2.38. The van der Waals surface area contributed by atoms with Gasteiger partial charge in [0.25, 0.3) is 0 Å². The Balaban J connectivity index is 0.00000980. The summed E-state index contributed by atoms with van der Waals surface area (Å²) < 4.78 is 19.7. The third-order valence-corrected chi connectivity index (χ3v) is 11.5. The Morgan fingerprint density at radius 3 is 1.85 bits per heavy atom. The van der Waals surface area contributed by atoms with Gasteiger partial charge >= 0.3 is 5.96 Å². The molecule has 5 rings (SSSR count). The number of ether oxygens (including phenoxy) is 3. The van der Waals surface area contributed by atoms with Crippen molar-refractivity contribution in [3.05, 3.63) is 23.8 Å². The van der Waals surface area contributed by atoms with E-state index in [1.54, 1.807) is 22.7 Å². The number of aryl methyl sites for hydroxylation is 2. The lowest BCUT2D eigenvalue weighted by molar-refractivity contribution is -0.459. The van der Waals surface area contributed by atoms with Gasteiger partial charge in [-0.15, -0.1) is 16.6 Å².